The van der Waals surface area contributed by atoms with Gasteiger partial charge in [-0.1, -0.05) is 24.3 Å². The maximum atomic E-state index is 5.56. The van der Waals surface area contributed by atoms with Gasteiger partial charge in [0.2, 0.25) is 0 Å². The molecule has 0 amide bonds. The van der Waals surface area contributed by atoms with Gasteiger partial charge in [-0.2, -0.15) is 0 Å². The zero-order chi connectivity index (χ0) is 21.9. The van der Waals surface area contributed by atoms with Crippen molar-refractivity contribution in [3.63, 3.8) is 0 Å². The summed E-state index contributed by atoms with van der Waals surface area (Å²) in [5, 5.41) is 0. The normalized spacial score (nSPS) is 12.3. The van der Waals surface area contributed by atoms with Crippen LogP contribution in [0, 0.1) is 0 Å². The fourth-order valence-electron chi connectivity index (χ4n) is 2.44. The molecule has 170 valence electrons. The quantitative estimate of drug-likeness (QED) is 0.256. The highest BCUT2D eigenvalue weighted by Gasteiger charge is 2.00. The molecule has 0 radical (unpaired) electrons. The highest BCUT2D eigenvalue weighted by Crippen LogP contribution is 2.19. The van der Waals surface area contributed by atoms with E-state index >= 15 is 0 Å². The molecule has 0 atom stereocenters. The Balaban J connectivity index is 2.28. The molecule has 6 nitrogen and oxygen atoms in total. The Labute approximate surface area is 181 Å². The van der Waals surface area contributed by atoms with Gasteiger partial charge in [-0.05, 0) is 50.0 Å². The molecule has 0 aromatic heterocycles. The molecule has 0 N–H and O–H groups in total. The predicted octanol–water partition coefficient (Wildman–Crippen LogP) is 4.55. The summed E-state index contributed by atoms with van der Waals surface area (Å²) in [6.45, 7) is 14.0. The van der Waals surface area contributed by atoms with Crippen LogP contribution in [0.1, 0.15) is 38.8 Å². The Kier molecular flexibility index (Phi) is 15.7. The summed E-state index contributed by atoms with van der Waals surface area (Å²) in [7, 11) is 0. The fraction of sp³-hybridized carbons (Fsp3) is 0.583. The summed E-state index contributed by atoms with van der Waals surface area (Å²) in [6.07, 6.45) is 3.55. The molecule has 0 aliphatic rings. The van der Waals surface area contributed by atoms with Crippen LogP contribution in [0.4, 0.5) is 0 Å². The van der Waals surface area contributed by atoms with Crippen LogP contribution >= 0.6 is 0 Å². The molecule has 0 heterocycles. The summed E-state index contributed by atoms with van der Waals surface area (Å²) in [6, 6.07) is 8.32. The van der Waals surface area contributed by atoms with E-state index in [2.05, 4.69) is 24.3 Å². The molecule has 0 aliphatic heterocycles. The molecule has 0 saturated heterocycles. The van der Waals surface area contributed by atoms with Gasteiger partial charge in [-0.15, -0.1) is 0 Å². The monoisotopic (exact) mass is 422 g/mol. The molecule has 1 aromatic carbocycles. The van der Waals surface area contributed by atoms with E-state index < -0.39 is 0 Å². The van der Waals surface area contributed by atoms with E-state index in [1.54, 1.807) is 12.5 Å². The van der Waals surface area contributed by atoms with Crippen molar-refractivity contribution in [2.24, 2.45) is 0 Å². The van der Waals surface area contributed by atoms with Crippen LogP contribution in [0.2, 0.25) is 0 Å². The minimum absolute atomic E-state index is 0.524. The SMILES string of the molecule is CCOCCOCCO/C=C(\C)c1ccc(/C(C)=C/OCCOCCOCC)cc1. The predicted molar refractivity (Wildman–Crippen MR) is 120 cm³/mol. The summed E-state index contributed by atoms with van der Waals surface area (Å²) in [4.78, 5) is 0. The van der Waals surface area contributed by atoms with E-state index in [1.165, 1.54) is 0 Å². The first-order valence-electron chi connectivity index (χ1n) is 10.7. The van der Waals surface area contributed by atoms with Crippen LogP contribution in [0.15, 0.2) is 36.8 Å². The van der Waals surface area contributed by atoms with E-state index in [-0.39, 0.29) is 0 Å². The minimum Gasteiger partial charge on any atom is -0.498 e. The maximum absolute atomic E-state index is 5.56. The number of hydrogen-bond donors (Lipinski definition) is 0. The first-order chi connectivity index (χ1) is 14.7. The third-order valence-corrected chi connectivity index (χ3v) is 4.16. The largest absolute Gasteiger partial charge is 0.498 e. The lowest BCUT2D eigenvalue weighted by Gasteiger charge is -2.08. The lowest BCUT2D eigenvalue weighted by atomic mass is 10.0. The second-order valence-corrected chi connectivity index (χ2v) is 6.54. The van der Waals surface area contributed by atoms with E-state index in [9.17, 15) is 0 Å². The molecule has 6 heteroatoms. The number of hydrogen-bond acceptors (Lipinski definition) is 6. The Bertz CT molecular complexity index is 541. The van der Waals surface area contributed by atoms with Gasteiger partial charge >= 0.3 is 0 Å². The number of ether oxygens (including phenoxy) is 6. The van der Waals surface area contributed by atoms with Gasteiger partial charge in [0.1, 0.15) is 13.2 Å². The molecule has 1 aromatic rings. The van der Waals surface area contributed by atoms with Crippen molar-refractivity contribution in [1.82, 2.24) is 0 Å². The van der Waals surface area contributed by atoms with Crippen LogP contribution in [0.25, 0.3) is 11.1 Å². The van der Waals surface area contributed by atoms with Crippen molar-refractivity contribution in [3.05, 3.63) is 47.9 Å². The molecular weight excluding hydrogens is 384 g/mol. The zero-order valence-corrected chi connectivity index (χ0v) is 19.0. The van der Waals surface area contributed by atoms with Gasteiger partial charge < -0.3 is 28.4 Å². The average molecular weight is 423 g/mol. The highest BCUT2D eigenvalue weighted by atomic mass is 16.5. The summed E-state index contributed by atoms with van der Waals surface area (Å²) < 4.78 is 32.4. The van der Waals surface area contributed by atoms with E-state index in [0.29, 0.717) is 66.1 Å². The first kappa shape index (κ1) is 26.2. The van der Waals surface area contributed by atoms with Crippen molar-refractivity contribution < 1.29 is 28.4 Å². The van der Waals surface area contributed by atoms with Crippen molar-refractivity contribution in [1.29, 1.82) is 0 Å². The Morgan fingerprint density at radius 1 is 0.567 bits per heavy atom. The molecule has 0 unspecified atom stereocenters. The zero-order valence-electron chi connectivity index (χ0n) is 19.0. The molecule has 0 spiro atoms. The summed E-state index contributed by atoms with van der Waals surface area (Å²) in [5.41, 5.74) is 4.37. The average Bonchev–Trinajstić information content (AvgIpc) is 2.77. The third-order valence-electron chi connectivity index (χ3n) is 4.16. The van der Waals surface area contributed by atoms with Gasteiger partial charge in [-0.3, -0.25) is 0 Å². The molecule has 30 heavy (non-hydrogen) atoms. The van der Waals surface area contributed by atoms with Crippen molar-refractivity contribution in [3.8, 4) is 0 Å². The first-order valence-corrected chi connectivity index (χ1v) is 10.7. The lowest BCUT2D eigenvalue weighted by Crippen LogP contribution is -2.08. The van der Waals surface area contributed by atoms with Gasteiger partial charge in [-0.25, -0.2) is 0 Å². The van der Waals surface area contributed by atoms with Crippen molar-refractivity contribution in [2.75, 3.05) is 66.1 Å². The third kappa shape index (κ3) is 12.6. The van der Waals surface area contributed by atoms with Crippen LogP contribution in [0.5, 0.6) is 0 Å². The lowest BCUT2D eigenvalue weighted by molar-refractivity contribution is 0.0343. The van der Waals surface area contributed by atoms with Gasteiger partial charge in [0.05, 0.1) is 52.2 Å². The molecule has 0 fully saturated rings. The Hall–Kier alpha value is -1.86. The second-order valence-electron chi connectivity index (χ2n) is 6.54. The molecule has 0 bridgehead atoms. The smallest absolute Gasteiger partial charge is 0.111 e. The van der Waals surface area contributed by atoms with Crippen LogP contribution < -0.4 is 0 Å². The molecular formula is C24H38O6. The van der Waals surface area contributed by atoms with Crippen LogP contribution in [0.3, 0.4) is 0 Å². The number of benzene rings is 1. The van der Waals surface area contributed by atoms with E-state index in [0.717, 1.165) is 22.3 Å². The highest BCUT2D eigenvalue weighted by molar-refractivity contribution is 5.68. The second kappa shape index (κ2) is 18.0. The minimum atomic E-state index is 0.524. The standard InChI is InChI=1S/C24H38O6/c1-5-25-11-13-27-15-17-29-19-21(3)23-7-9-24(10-8-23)22(4)20-30-18-16-28-14-12-26-6-2/h7-10,19-20H,5-6,11-18H2,1-4H3/b21-19+,22-20+. The Morgan fingerprint density at radius 3 is 1.27 bits per heavy atom. The van der Waals surface area contributed by atoms with Gasteiger partial charge in [0.15, 0.2) is 0 Å². The van der Waals surface area contributed by atoms with Gasteiger partial charge in [0.25, 0.3) is 0 Å². The molecule has 0 aliphatic carbocycles. The molecule has 0 saturated carbocycles. The number of rotatable bonds is 18. The molecule has 1 rings (SSSR count). The van der Waals surface area contributed by atoms with E-state index in [1.807, 2.05) is 27.7 Å². The summed E-state index contributed by atoms with van der Waals surface area (Å²) in [5.74, 6) is 0. The van der Waals surface area contributed by atoms with E-state index in [4.69, 9.17) is 28.4 Å². The van der Waals surface area contributed by atoms with Crippen LogP contribution in [-0.2, 0) is 28.4 Å². The topological polar surface area (TPSA) is 55.4 Å². The summed E-state index contributed by atoms with van der Waals surface area (Å²) >= 11 is 0. The van der Waals surface area contributed by atoms with Crippen molar-refractivity contribution in [2.45, 2.75) is 27.7 Å². The fourth-order valence-corrected chi connectivity index (χ4v) is 2.44. The van der Waals surface area contributed by atoms with Crippen LogP contribution in [-0.4, -0.2) is 66.1 Å². The number of allylic oxidation sites excluding steroid dienone is 2. The maximum Gasteiger partial charge on any atom is 0.111 e. The Morgan fingerprint density at radius 2 is 0.900 bits per heavy atom. The van der Waals surface area contributed by atoms with Crippen molar-refractivity contribution >= 4 is 11.1 Å². The van der Waals surface area contributed by atoms with Gasteiger partial charge in [0, 0.05) is 13.2 Å².